The molecule has 0 aliphatic carbocycles. The van der Waals surface area contributed by atoms with E-state index in [9.17, 15) is 15.0 Å². The molecule has 0 amide bonds. The van der Waals surface area contributed by atoms with Gasteiger partial charge >= 0.3 is 0 Å². The monoisotopic (exact) mass is 235 g/mol. The standard InChI is InChI=1S/C14H20O3/c1-2-3-4-11-5-7-12(8-6-11)13(15)9-10-14(16)17/h5-8,13,15H,2-4,9-10H2,1H3,(H,16,17)/p-1. The third-order valence-corrected chi connectivity index (χ3v) is 2.81. The topological polar surface area (TPSA) is 60.4 Å². The number of carbonyl (C=O) groups is 1. The molecule has 0 spiro atoms. The zero-order valence-corrected chi connectivity index (χ0v) is 10.2. The highest BCUT2D eigenvalue weighted by Gasteiger charge is 2.07. The first-order valence-electron chi connectivity index (χ1n) is 6.10. The quantitative estimate of drug-likeness (QED) is 0.780. The highest BCUT2D eigenvalue weighted by Crippen LogP contribution is 2.19. The molecule has 0 aliphatic rings. The molecule has 0 saturated heterocycles. The molecule has 1 aromatic carbocycles. The van der Waals surface area contributed by atoms with Gasteiger partial charge in [-0.2, -0.15) is 0 Å². The van der Waals surface area contributed by atoms with Gasteiger partial charge in [-0.1, -0.05) is 37.6 Å². The lowest BCUT2D eigenvalue weighted by atomic mass is 10.0. The summed E-state index contributed by atoms with van der Waals surface area (Å²) in [6, 6.07) is 7.72. The fourth-order valence-corrected chi connectivity index (χ4v) is 1.71. The Kier molecular flexibility index (Phi) is 5.70. The second-order valence-corrected chi connectivity index (χ2v) is 4.27. The van der Waals surface area contributed by atoms with Gasteiger partial charge in [0.1, 0.15) is 0 Å². The van der Waals surface area contributed by atoms with Crippen molar-refractivity contribution in [1.29, 1.82) is 0 Å². The predicted octanol–water partition coefficient (Wildman–Crippen LogP) is 1.59. The lowest BCUT2D eigenvalue weighted by molar-refractivity contribution is -0.306. The van der Waals surface area contributed by atoms with Crippen molar-refractivity contribution in [2.45, 2.75) is 45.1 Å². The second kappa shape index (κ2) is 7.07. The van der Waals surface area contributed by atoms with E-state index in [1.807, 2.05) is 24.3 Å². The van der Waals surface area contributed by atoms with Crippen LogP contribution in [0.4, 0.5) is 0 Å². The summed E-state index contributed by atoms with van der Waals surface area (Å²) in [5.41, 5.74) is 2.02. The number of rotatable bonds is 7. The highest BCUT2D eigenvalue weighted by molar-refractivity contribution is 5.64. The van der Waals surface area contributed by atoms with Crippen LogP contribution in [0.3, 0.4) is 0 Å². The van der Waals surface area contributed by atoms with Gasteiger partial charge in [-0.15, -0.1) is 0 Å². The molecule has 1 N–H and O–H groups in total. The molecule has 3 heteroatoms. The summed E-state index contributed by atoms with van der Waals surface area (Å²) >= 11 is 0. The van der Waals surface area contributed by atoms with Crippen LogP contribution < -0.4 is 5.11 Å². The first-order chi connectivity index (χ1) is 8.13. The van der Waals surface area contributed by atoms with Crippen LogP contribution in [0.1, 0.15) is 49.8 Å². The Bertz CT molecular complexity index is 343. The summed E-state index contributed by atoms with van der Waals surface area (Å²) in [5, 5.41) is 20.0. The average Bonchev–Trinajstić information content (AvgIpc) is 2.34. The van der Waals surface area contributed by atoms with Gasteiger partial charge in [-0.25, -0.2) is 0 Å². The third kappa shape index (κ3) is 5.00. The Balaban J connectivity index is 2.51. The van der Waals surface area contributed by atoms with Crippen molar-refractivity contribution in [2.75, 3.05) is 0 Å². The van der Waals surface area contributed by atoms with Gasteiger partial charge in [0.25, 0.3) is 0 Å². The number of carboxylic acids is 1. The zero-order chi connectivity index (χ0) is 12.7. The van der Waals surface area contributed by atoms with E-state index in [2.05, 4.69) is 6.92 Å². The summed E-state index contributed by atoms with van der Waals surface area (Å²) in [6.07, 6.45) is 2.75. The Morgan fingerprint density at radius 1 is 1.35 bits per heavy atom. The fourth-order valence-electron chi connectivity index (χ4n) is 1.71. The van der Waals surface area contributed by atoms with Gasteiger partial charge in [-0.3, -0.25) is 0 Å². The van der Waals surface area contributed by atoms with Crippen LogP contribution >= 0.6 is 0 Å². The average molecular weight is 235 g/mol. The maximum Gasteiger partial charge on any atom is 0.0793 e. The van der Waals surface area contributed by atoms with E-state index in [-0.39, 0.29) is 12.8 Å². The Morgan fingerprint density at radius 3 is 2.53 bits per heavy atom. The number of aliphatic carboxylic acids is 1. The van der Waals surface area contributed by atoms with E-state index >= 15 is 0 Å². The van der Waals surface area contributed by atoms with Crippen LogP contribution in [0.25, 0.3) is 0 Å². The van der Waals surface area contributed by atoms with Crippen molar-refractivity contribution in [1.82, 2.24) is 0 Å². The van der Waals surface area contributed by atoms with Crippen molar-refractivity contribution in [3.63, 3.8) is 0 Å². The summed E-state index contributed by atoms with van der Waals surface area (Å²) in [7, 11) is 0. The fraction of sp³-hybridized carbons (Fsp3) is 0.500. The van der Waals surface area contributed by atoms with Crippen LogP contribution in [0.15, 0.2) is 24.3 Å². The van der Waals surface area contributed by atoms with Gasteiger partial charge in [0.05, 0.1) is 6.10 Å². The smallest absolute Gasteiger partial charge is 0.0793 e. The maximum atomic E-state index is 10.3. The second-order valence-electron chi connectivity index (χ2n) is 4.27. The summed E-state index contributed by atoms with van der Waals surface area (Å²) in [6.45, 7) is 2.15. The number of hydrogen-bond acceptors (Lipinski definition) is 3. The van der Waals surface area contributed by atoms with Crippen LogP contribution in [0.5, 0.6) is 0 Å². The lowest BCUT2D eigenvalue weighted by Crippen LogP contribution is -2.22. The maximum absolute atomic E-state index is 10.3. The van der Waals surface area contributed by atoms with E-state index in [1.54, 1.807) is 0 Å². The number of benzene rings is 1. The van der Waals surface area contributed by atoms with Gasteiger partial charge < -0.3 is 15.0 Å². The number of aryl methyl sites for hydroxylation is 1. The highest BCUT2D eigenvalue weighted by atomic mass is 16.4. The minimum absolute atomic E-state index is 0.112. The van der Waals surface area contributed by atoms with Crippen molar-refractivity contribution < 1.29 is 15.0 Å². The third-order valence-electron chi connectivity index (χ3n) is 2.81. The predicted molar refractivity (Wildman–Crippen MR) is 64.3 cm³/mol. The van der Waals surface area contributed by atoms with E-state index in [0.29, 0.717) is 0 Å². The van der Waals surface area contributed by atoms with Gasteiger partial charge in [0.2, 0.25) is 0 Å². The molecule has 0 saturated carbocycles. The minimum Gasteiger partial charge on any atom is -0.550 e. The largest absolute Gasteiger partial charge is 0.550 e. The summed E-state index contributed by atoms with van der Waals surface area (Å²) in [4.78, 5) is 10.3. The SMILES string of the molecule is CCCCc1ccc(C(O)CCC(=O)[O-])cc1. The van der Waals surface area contributed by atoms with E-state index in [0.717, 1.165) is 24.8 Å². The molecule has 1 atom stereocenters. The van der Waals surface area contributed by atoms with Gasteiger partial charge in [0, 0.05) is 5.97 Å². The molecular formula is C14H19O3-. The van der Waals surface area contributed by atoms with Crippen molar-refractivity contribution >= 4 is 5.97 Å². The van der Waals surface area contributed by atoms with Crippen LogP contribution in [-0.2, 0) is 11.2 Å². The minimum atomic E-state index is -1.12. The van der Waals surface area contributed by atoms with Crippen LogP contribution in [0, 0.1) is 0 Å². The molecule has 0 aliphatic heterocycles. The number of aliphatic hydroxyl groups excluding tert-OH is 1. The van der Waals surface area contributed by atoms with Crippen LogP contribution in [-0.4, -0.2) is 11.1 Å². The van der Waals surface area contributed by atoms with Crippen molar-refractivity contribution in [2.24, 2.45) is 0 Å². The number of unbranched alkanes of at least 4 members (excludes halogenated alkanes) is 1. The summed E-state index contributed by atoms with van der Waals surface area (Å²) in [5.74, 6) is -1.12. The number of aliphatic hydroxyl groups is 1. The normalized spacial score (nSPS) is 12.4. The molecule has 0 radical (unpaired) electrons. The summed E-state index contributed by atoms with van der Waals surface area (Å²) < 4.78 is 0. The molecular weight excluding hydrogens is 216 g/mol. The molecule has 17 heavy (non-hydrogen) atoms. The lowest BCUT2D eigenvalue weighted by Gasteiger charge is -2.12. The Labute approximate surface area is 102 Å². The van der Waals surface area contributed by atoms with Crippen LogP contribution in [0.2, 0.25) is 0 Å². The van der Waals surface area contributed by atoms with Crippen molar-refractivity contribution in [3.05, 3.63) is 35.4 Å². The van der Waals surface area contributed by atoms with Crippen molar-refractivity contribution in [3.8, 4) is 0 Å². The van der Waals surface area contributed by atoms with E-state index < -0.39 is 12.1 Å². The number of hydrogen-bond donors (Lipinski definition) is 1. The number of carboxylic acid groups (broad SMARTS) is 1. The molecule has 1 rings (SSSR count). The molecule has 1 aromatic rings. The molecule has 0 aromatic heterocycles. The Hall–Kier alpha value is -1.35. The first-order valence-corrected chi connectivity index (χ1v) is 6.10. The zero-order valence-electron chi connectivity index (χ0n) is 10.2. The molecule has 94 valence electrons. The van der Waals surface area contributed by atoms with Gasteiger partial charge in [-0.05, 0) is 36.8 Å². The van der Waals surface area contributed by atoms with E-state index in [4.69, 9.17) is 0 Å². The first kappa shape index (κ1) is 13.7. The molecule has 0 heterocycles. The molecule has 0 fully saturated rings. The molecule has 0 bridgehead atoms. The molecule has 1 unspecified atom stereocenters. The van der Waals surface area contributed by atoms with E-state index in [1.165, 1.54) is 5.56 Å². The Morgan fingerprint density at radius 2 is 2.00 bits per heavy atom. The number of carbonyl (C=O) groups excluding carboxylic acids is 1. The van der Waals surface area contributed by atoms with Gasteiger partial charge in [0.15, 0.2) is 0 Å². The molecule has 3 nitrogen and oxygen atoms in total.